The van der Waals surface area contributed by atoms with Crippen LogP contribution in [0.3, 0.4) is 0 Å². The van der Waals surface area contributed by atoms with Crippen molar-refractivity contribution in [2.24, 2.45) is 5.73 Å². The molecule has 0 bridgehead atoms. The van der Waals surface area contributed by atoms with Crippen LogP contribution in [0.1, 0.15) is 19.8 Å². The predicted octanol–water partition coefficient (Wildman–Crippen LogP) is 2.26. The molecule has 0 radical (unpaired) electrons. The number of carbonyl (C=O) groups excluding carboxylic acids is 2. The molecular weight excluding hydrogens is 286 g/mol. The van der Waals surface area contributed by atoms with E-state index in [0.717, 1.165) is 4.47 Å². The van der Waals surface area contributed by atoms with E-state index in [2.05, 4.69) is 20.7 Å². The van der Waals surface area contributed by atoms with Gasteiger partial charge in [0, 0.05) is 10.9 Å². The molecule has 0 aliphatic carbocycles. The standard InChI is InChI=1S/C6H5Br.C6H11NO3/c7-6-4-2-1-3-5-6;1-2-10-6(9)4-3-5(7)8/h1-5H;2-4H2,1H3,(H2,7,8). The van der Waals surface area contributed by atoms with Crippen LogP contribution in [-0.4, -0.2) is 18.5 Å². The Morgan fingerprint density at radius 1 is 1.24 bits per heavy atom. The first-order valence-electron chi connectivity index (χ1n) is 5.20. The maximum atomic E-state index is 10.5. The van der Waals surface area contributed by atoms with Crippen LogP contribution in [-0.2, 0) is 14.3 Å². The Balaban J connectivity index is 0.000000318. The molecule has 0 aromatic heterocycles. The van der Waals surface area contributed by atoms with Crippen LogP contribution in [0.4, 0.5) is 0 Å². The number of rotatable bonds is 4. The Kier molecular flexibility index (Phi) is 9.05. The summed E-state index contributed by atoms with van der Waals surface area (Å²) in [6.07, 6.45) is 0.155. The molecule has 1 aromatic rings. The molecule has 1 aromatic carbocycles. The minimum Gasteiger partial charge on any atom is -0.466 e. The van der Waals surface area contributed by atoms with Gasteiger partial charge in [-0.05, 0) is 19.1 Å². The van der Waals surface area contributed by atoms with Crippen molar-refractivity contribution in [1.82, 2.24) is 0 Å². The van der Waals surface area contributed by atoms with Gasteiger partial charge in [-0.25, -0.2) is 0 Å². The molecule has 0 heterocycles. The van der Waals surface area contributed by atoms with Gasteiger partial charge in [-0.1, -0.05) is 34.1 Å². The molecular formula is C12H16BrNO3. The summed E-state index contributed by atoms with van der Waals surface area (Å²) in [7, 11) is 0. The maximum absolute atomic E-state index is 10.5. The van der Waals surface area contributed by atoms with Crippen molar-refractivity contribution in [1.29, 1.82) is 0 Å². The molecule has 94 valence electrons. The Bertz CT molecular complexity index is 341. The summed E-state index contributed by atoms with van der Waals surface area (Å²) in [6.45, 7) is 2.06. The lowest BCUT2D eigenvalue weighted by Crippen LogP contribution is -2.13. The molecule has 2 N–H and O–H groups in total. The molecule has 1 rings (SSSR count). The summed E-state index contributed by atoms with van der Waals surface area (Å²) in [4.78, 5) is 20.6. The average molecular weight is 302 g/mol. The largest absolute Gasteiger partial charge is 0.466 e. The second kappa shape index (κ2) is 9.84. The fourth-order valence-electron chi connectivity index (χ4n) is 0.873. The van der Waals surface area contributed by atoms with Gasteiger partial charge < -0.3 is 10.5 Å². The number of hydrogen-bond donors (Lipinski definition) is 1. The average Bonchev–Trinajstić information content (AvgIpc) is 2.29. The minimum atomic E-state index is -0.479. The topological polar surface area (TPSA) is 69.4 Å². The van der Waals surface area contributed by atoms with E-state index >= 15 is 0 Å². The molecule has 4 nitrogen and oxygen atoms in total. The Labute approximate surface area is 109 Å². The second-order valence-corrected chi connectivity index (χ2v) is 3.98. The first-order chi connectivity index (χ1) is 8.06. The lowest BCUT2D eigenvalue weighted by atomic mass is 10.3. The summed E-state index contributed by atoms with van der Waals surface area (Å²) in [5.41, 5.74) is 4.79. The summed E-state index contributed by atoms with van der Waals surface area (Å²) in [6, 6.07) is 9.97. The number of amides is 1. The van der Waals surface area contributed by atoms with Crippen molar-refractivity contribution in [2.75, 3.05) is 6.61 Å². The smallest absolute Gasteiger partial charge is 0.306 e. The van der Waals surface area contributed by atoms with Gasteiger partial charge >= 0.3 is 5.97 Å². The number of primary amides is 1. The van der Waals surface area contributed by atoms with Crippen LogP contribution in [0.2, 0.25) is 0 Å². The first kappa shape index (κ1) is 15.6. The van der Waals surface area contributed by atoms with Crippen molar-refractivity contribution < 1.29 is 14.3 Å². The van der Waals surface area contributed by atoms with Gasteiger partial charge in [0.15, 0.2) is 0 Å². The quantitative estimate of drug-likeness (QED) is 0.867. The predicted molar refractivity (Wildman–Crippen MR) is 69.2 cm³/mol. The number of benzene rings is 1. The highest BCUT2D eigenvalue weighted by Gasteiger charge is 2.02. The fraction of sp³-hybridized carbons (Fsp3) is 0.333. The van der Waals surface area contributed by atoms with E-state index in [9.17, 15) is 9.59 Å². The fourth-order valence-corrected chi connectivity index (χ4v) is 1.18. The van der Waals surface area contributed by atoms with Crippen LogP contribution < -0.4 is 5.73 Å². The third-order valence-electron chi connectivity index (χ3n) is 1.61. The summed E-state index contributed by atoms with van der Waals surface area (Å²) in [5, 5.41) is 0. The monoisotopic (exact) mass is 301 g/mol. The lowest BCUT2D eigenvalue weighted by molar-refractivity contribution is -0.144. The molecule has 0 atom stereocenters. The number of nitrogens with two attached hydrogens (primary N) is 1. The number of hydrogen-bond acceptors (Lipinski definition) is 3. The highest BCUT2D eigenvalue weighted by Crippen LogP contribution is 2.05. The van der Waals surface area contributed by atoms with E-state index in [-0.39, 0.29) is 18.8 Å². The zero-order chi connectivity index (χ0) is 13.1. The molecule has 0 unspecified atom stereocenters. The number of halogens is 1. The van der Waals surface area contributed by atoms with Crippen molar-refractivity contribution >= 4 is 27.8 Å². The van der Waals surface area contributed by atoms with Crippen molar-refractivity contribution in [3.8, 4) is 0 Å². The van der Waals surface area contributed by atoms with E-state index in [1.807, 2.05) is 30.3 Å². The highest BCUT2D eigenvalue weighted by molar-refractivity contribution is 9.10. The number of esters is 1. The van der Waals surface area contributed by atoms with Crippen molar-refractivity contribution in [2.45, 2.75) is 19.8 Å². The van der Waals surface area contributed by atoms with E-state index in [1.165, 1.54) is 0 Å². The van der Waals surface area contributed by atoms with E-state index in [0.29, 0.717) is 6.61 Å². The van der Waals surface area contributed by atoms with Gasteiger partial charge in [-0.2, -0.15) is 0 Å². The van der Waals surface area contributed by atoms with Crippen LogP contribution >= 0.6 is 15.9 Å². The number of ether oxygens (including phenoxy) is 1. The van der Waals surface area contributed by atoms with E-state index in [1.54, 1.807) is 6.92 Å². The molecule has 0 saturated carbocycles. The number of carbonyl (C=O) groups is 2. The van der Waals surface area contributed by atoms with Crippen LogP contribution in [0.15, 0.2) is 34.8 Å². The summed E-state index contributed by atoms with van der Waals surface area (Å²) in [5.74, 6) is -0.852. The molecule has 0 fully saturated rings. The van der Waals surface area contributed by atoms with Gasteiger partial charge in [0.1, 0.15) is 0 Å². The minimum absolute atomic E-state index is 0.0683. The van der Waals surface area contributed by atoms with Gasteiger partial charge in [0.25, 0.3) is 0 Å². The summed E-state index contributed by atoms with van der Waals surface area (Å²) >= 11 is 3.31. The van der Waals surface area contributed by atoms with Crippen molar-refractivity contribution in [3.63, 3.8) is 0 Å². The Hall–Kier alpha value is -1.36. The van der Waals surface area contributed by atoms with Crippen molar-refractivity contribution in [3.05, 3.63) is 34.8 Å². The molecule has 0 saturated heterocycles. The third-order valence-corrected chi connectivity index (χ3v) is 2.14. The van der Waals surface area contributed by atoms with Gasteiger partial charge in [0.05, 0.1) is 13.0 Å². The Morgan fingerprint density at radius 2 is 1.82 bits per heavy atom. The second-order valence-electron chi connectivity index (χ2n) is 3.07. The zero-order valence-corrected chi connectivity index (χ0v) is 11.3. The first-order valence-corrected chi connectivity index (χ1v) is 6.00. The summed E-state index contributed by atoms with van der Waals surface area (Å²) < 4.78 is 5.68. The Morgan fingerprint density at radius 3 is 2.18 bits per heavy atom. The molecule has 1 amide bonds. The van der Waals surface area contributed by atoms with Crippen LogP contribution in [0, 0.1) is 0 Å². The SMILES string of the molecule is Brc1ccccc1.CCOC(=O)CCC(N)=O. The molecule has 0 spiro atoms. The third kappa shape index (κ3) is 10.9. The van der Waals surface area contributed by atoms with Crippen LogP contribution in [0.25, 0.3) is 0 Å². The van der Waals surface area contributed by atoms with E-state index < -0.39 is 5.91 Å². The van der Waals surface area contributed by atoms with Gasteiger partial charge in [-0.15, -0.1) is 0 Å². The van der Waals surface area contributed by atoms with E-state index in [4.69, 9.17) is 5.73 Å². The van der Waals surface area contributed by atoms with Gasteiger partial charge in [-0.3, -0.25) is 9.59 Å². The lowest BCUT2D eigenvalue weighted by Gasteiger charge is -1.97. The molecule has 0 aliphatic heterocycles. The van der Waals surface area contributed by atoms with Gasteiger partial charge in [0.2, 0.25) is 5.91 Å². The molecule has 0 aliphatic rings. The zero-order valence-electron chi connectivity index (χ0n) is 9.69. The highest BCUT2D eigenvalue weighted by atomic mass is 79.9. The maximum Gasteiger partial charge on any atom is 0.306 e. The molecule has 5 heteroatoms. The van der Waals surface area contributed by atoms with Crippen LogP contribution in [0.5, 0.6) is 0 Å². The molecule has 17 heavy (non-hydrogen) atoms. The normalized spacial score (nSPS) is 8.82.